The first-order valence-corrected chi connectivity index (χ1v) is 46.4. The van der Waals surface area contributed by atoms with E-state index < -0.39 is 47.4 Å². The molecular weight excluding hydrogens is 1760 g/mol. The number of halogens is 2. The molecule has 0 unspecified atom stereocenters. The number of nitrogens with one attached hydrogen (secondary N) is 4. The van der Waals surface area contributed by atoms with Gasteiger partial charge in [-0.25, -0.2) is 9.18 Å². The molecule has 8 N–H and O–H groups in total. The number of likely N-dealkylation sites (tertiary alicyclic amines) is 4. The predicted molar refractivity (Wildman–Crippen MR) is 516 cm³/mol. The summed E-state index contributed by atoms with van der Waals surface area (Å²) in [4.78, 5) is 170. The molecule has 5 fully saturated rings. The number of aliphatic hydroxyl groups is 1. The number of carboxylic acid groups (broad SMARTS) is 1. The van der Waals surface area contributed by atoms with Gasteiger partial charge in [0.25, 0.3) is 23.6 Å². The molecule has 1 aliphatic carbocycles. The van der Waals surface area contributed by atoms with E-state index in [9.17, 15) is 61.9 Å². The molecule has 6 atom stereocenters. The summed E-state index contributed by atoms with van der Waals surface area (Å²) in [5, 5.41) is 29.4. The van der Waals surface area contributed by atoms with Crippen LogP contribution in [0.5, 0.6) is 0 Å². The van der Waals surface area contributed by atoms with Crippen molar-refractivity contribution >= 4 is 90.9 Å². The number of nitrogens with two attached hydrogens (primary N) is 1. The Bertz CT molecular complexity index is 5200. The number of benzene rings is 5. The summed E-state index contributed by atoms with van der Waals surface area (Å²) in [6, 6.07) is 55.0. The quantitative estimate of drug-likeness (QED) is 0.00918. The van der Waals surface area contributed by atoms with Crippen LogP contribution in [0.2, 0.25) is 0 Å². The molecule has 3 radical (unpaired) electrons. The Kier molecular flexibility index (Phi) is 49.1. The molecule has 29 nitrogen and oxygen atoms in total. The molecule has 5 aliphatic rings. The molecule has 33 heteroatoms. The zero-order valence-electron chi connectivity index (χ0n) is 78.9. The van der Waals surface area contributed by atoms with Crippen molar-refractivity contribution < 1.29 is 113 Å². The number of nitrogens with zero attached hydrogens (tertiary/aromatic N) is 8. The summed E-state index contributed by atoms with van der Waals surface area (Å²) in [7, 11) is 1.31. The van der Waals surface area contributed by atoms with Crippen LogP contribution in [0, 0.1) is 11.7 Å². The molecule has 715 valence electrons. The molecule has 5 aromatic carbocycles. The SMILES string of the molecule is CC(C)COC(=O)Cl.COC(=O)CC[C@H](NC(=O)c1ccc(-c2ccccn2)cc1)C(=O)N1CCCCC1.N[C@@H]1C[C@H]1c1ccc(F)cc1.O=C(N[C@@H](CCCO)C(=O)N1CCCCC1)c1ccc(-c2ccccn2)cc1.O=C(O)CC[C@H](NC(=O)c1ccc(-c2ccccn2)cc1)C(=O)N1CCCCC1.O=CCC[C@H](NC(=O)c1ccc(-c2ccccn2)cc1)C(=O)N1CCCCC1.[B].[H-].[Na+]. The minimum atomic E-state index is -0.990. The van der Waals surface area contributed by atoms with Gasteiger partial charge in [0.1, 0.15) is 36.3 Å². The molecule has 14 rings (SSSR count). The average molecular weight is 1890 g/mol. The van der Waals surface area contributed by atoms with Crippen LogP contribution in [0.3, 0.4) is 0 Å². The normalized spacial score (nSPS) is 15.4. The number of carboxylic acids is 1. The van der Waals surface area contributed by atoms with Gasteiger partial charge in [-0.05, 0) is 236 Å². The first-order chi connectivity index (χ1) is 64.9. The predicted octanol–water partition coefficient (Wildman–Crippen LogP) is 11.4. The van der Waals surface area contributed by atoms with E-state index in [1.54, 1.807) is 100 Å². The van der Waals surface area contributed by atoms with E-state index in [0.29, 0.717) is 105 Å². The second-order valence-electron chi connectivity index (χ2n) is 33.5. The Morgan fingerprint density at radius 2 is 0.750 bits per heavy atom. The summed E-state index contributed by atoms with van der Waals surface area (Å²) >= 11 is 4.86. The van der Waals surface area contributed by atoms with Crippen LogP contribution < -0.4 is 56.6 Å². The first kappa shape index (κ1) is 111. The molecule has 1 saturated carbocycles. The molecule has 4 aliphatic heterocycles. The smallest absolute Gasteiger partial charge is 1.00 e. The van der Waals surface area contributed by atoms with Crippen molar-refractivity contribution in [2.75, 3.05) is 72.7 Å². The monoisotopic (exact) mass is 1890 g/mol. The molecule has 136 heavy (non-hydrogen) atoms. The minimum Gasteiger partial charge on any atom is -1.00 e. The number of pyridine rings is 4. The maximum atomic E-state index is 13.0. The van der Waals surface area contributed by atoms with E-state index in [1.165, 1.54) is 24.8 Å². The van der Waals surface area contributed by atoms with Crippen molar-refractivity contribution in [2.24, 2.45) is 11.7 Å². The van der Waals surface area contributed by atoms with E-state index in [1.807, 2.05) is 140 Å². The van der Waals surface area contributed by atoms with Crippen LogP contribution in [-0.2, 0) is 43.0 Å². The molecule has 8 amide bonds. The zero-order valence-corrected chi connectivity index (χ0v) is 80.7. The van der Waals surface area contributed by atoms with Crippen LogP contribution in [0.4, 0.5) is 9.18 Å². The summed E-state index contributed by atoms with van der Waals surface area (Å²) in [6.45, 7) is 9.86. The van der Waals surface area contributed by atoms with E-state index in [-0.39, 0.29) is 125 Å². The number of hydrogen-bond donors (Lipinski definition) is 7. The number of aliphatic carboxylic acids is 1. The van der Waals surface area contributed by atoms with Crippen molar-refractivity contribution in [3.8, 4) is 45.0 Å². The van der Waals surface area contributed by atoms with Crippen molar-refractivity contribution in [3.05, 3.63) is 253 Å². The van der Waals surface area contributed by atoms with Gasteiger partial charge in [-0.1, -0.05) is 98.8 Å². The molecule has 4 saturated heterocycles. The Labute approximate surface area is 825 Å². The van der Waals surface area contributed by atoms with Gasteiger partial charge in [-0.15, -0.1) is 0 Å². The van der Waals surface area contributed by atoms with Crippen molar-refractivity contribution in [1.29, 1.82) is 0 Å². The summed E-state index contributed by atoms with van der Waals surface area (Å²) < 4.78 is 21.6. The van der Waals surface area contributed by atoms with Gasteiger partial charge in [0.15, 0.2) is 0 Å². The fourth-order valence-electron chi connectivity index (χ4n) is 15.3. The Morgan fingerprint density at radius 1 is 0.456 bits per heavy atom. The third kappa shape index (κ3) is 37.8. The van der Waals surface area contributed by atoms with Crippen LogP contribution in [-0.4, -0.2) is 232 Å². The van der Waals surface area contributed by atoms with Gasteiger partial charge in [-0.3, -0.25) is 67.9 Å². The number of carbonyl (C=O) groups excluding carboxylic acids is 11. The number of rotatable bonds is 31. The van der Waals surface area contributed by atoms with Gasteiger partial charge >= 0.3 is 46.9 Å². The van der Waals surface area contributed by atoms with E-state index in [4.69, 9.17) is 27.5 Å². The number of aliphatic hydroxyl groups excluding tert-OH is 1. The van der Waals surface area contributed by atoms with Crippen LogP contribution in [0.15, 0.2) is 219 Å². The van der Waals surface area contributed by atoms with Crippen LogP contribution in [0.25, 0.3) is 45.0 Å². The molecular formula is C103H124BClFN13NaO16. The molecule has 0 bridgehead atoms. The summed E-state index contributed by atoms with van der Waals surface area (Å²) in [6.07, 6.45) is 22.5. The van der Waals surface area contributed by atoms with Gasteiger partial charge < -0.3 is 72.5 Å². The Balaban J connectivity index is 0.000000261. The topological polar surface area (TPSA) is 402 Å². The maximum Gasteiger partial charge on any atom is 1.00 e. The summed E-state index contributed by atoms with van der Waals surface area (Å²) in [5.41, 5.74) is 14.9. The van der Waals surface area contributed by atoms with Gasteiger partial charge in [0.05, 0.1) is 36.5 Å². The number of amides is 8. The van der Waals surface area contributed by atoms with E-state index in [0.717, 1.165) is 148 Å². The average Bonchev–Trinajstić information content (AvgIpc) is 1.66. The summed E-state index contributed by atoms with van der Waals surface area (Å²) in [5.74, 6) is -2.55. The van der Waals surface area contributed by atoms with Crippen LogP contribution >= 0.6 is 11.6 Å². The molecule has 0 spiro atoms. The second kappa shape index (κ2) is 60.3. The number of aldehydes is 1. The minimum absolute atomic E-state index is 0. The van der Waals surface area contributed by atoms with E-state index >= 15 is 0 Å². The van der Waals surface area contributed by atoms with Crippen molar-refractivity contribution in [1.82, 2.24) is 60.8 Å². The molecule has 8 heterocycles. The van der Waals surface area contributed by atoms with Crippen LogP contribution in [0.1, 0.15) is 203 Å². The third-order valence-electron chi connectivity index (χ3n) is 22.9. The number of piperidine rings is 4. The number of methoxy groups -OCH3 is 1. The Morgan fingerprint density at radius 3 is 0.993 bits per heavy atom. The standard InChI is InChI=1S/C23H27N3O4.C22H25N3O4.C22H27N3O3.C22H25N3O3.C9H10FN.C5H9ClO2.B.Na.H/c1-30-21(27)13-12-20(23(29)26-15-5-2-6-16-26)25-22(28)18-10-8-17(9-11-18)19-7-3-4-14-24-19;26-20(27)12-11-19(22(29)25-14-4-1-5-15-25)24-21(28)17-9-7-16(8-10-17)18-6-2-3-13-23-18;2*26-16-6-8-20(22(28)25-14-4-1-5-15-25)24-21(27)18-11-9-17(10-12-18)19-7-2-3-13-23-19;10-7-3-1-6(2-4-7)8-5-9(8)11;1-4(2)3-8-5(6)7;;;/h3-4,7-11,14,20H,2,5-6,12-13,15-16H2,1H3,(H,25,28);2-3,6-10,13,19H,1,4-5,11-12,14-15H2,(H,24,28)(H,26,27);2-3,7,9-13,20,26H,1,4-6,8,14-16H2,(H,24,27);2-3,7,9-13,16,20H,1,4-6,8,14-15H2,(H,24,27);1-4,8-9H,5,11H2;4H,3H2,1-2H3;;;/q;;;;;;;+1;-1/t20-;19-;2*20-;8-,9+;;;;/m00000..../s1. The zero-order chi connectivity index (χ0) is 95.9. The van der Waals surface area contributed by atoms with Crippen molar-refractivity contribution in [3.63, 3.8) is 0 Å². The Hall–Kier alpha value is -12.3. The second-order valence-corrected chi connectivity index (χ2v) is 33.8. The van der Waals surface area contributed by atoms with Crippen molar-refractivity contribution in [2.45, 2.75) is 185 Å². The van der Waals surface area contributed by atoms with Gasteiger partial charge in [0, 0.05) is 179 Å². The molecule has 9 aromatic rings. The van der Waals surface area contributed by atoms with E-state index in [2.05, 4.69) is 50.7 Å². The largest absolute Gasteiger partial charge is 1.00 e. The van der Waals surface area contributed by atoms with Gasteiger partial charge in [0.2, 0.25) is 23.6 Å². The maximum absolute atomic E-state index is 13.0. The molecule has 4 aromatic heterocycles. The number of hydrogen-bond acceptors (Lipinski definition) is 20. The number of carbonyl (C=O) groups is 12. The third-order valence-corrected chi connectivity index (χ3v) is 23.0. The first-order valence-electron chi connectivity index (χ1n) is 46.0. The fourth-order valence-corrected chi connectivity index (χ4v) is 15.4. The number of aromatic nitrogens is 4. The van der Waals surface area contributed by atoms with Gasteiger partial charge in [-0.2, -0.15) is 0 Å². The number of ether oxygens (including phenoxy) is 2. The fraction of sp³-hybridized carbons (Fsp3) is 0.398. The number of esters is 1.